The summed E-state index contributed by atoms with van der Waals surface area (Å²) in [6.07, 6.45) is 0.796. The second-order valence-electron chi connectivity index (χ2n) is 4.41. The van der Waals surface area contributed by atoms with Crippen LogP contribution in [0.15, 0.2) is 18.2 Å². The lowest BCUT2D eigenvalue weighted by molar-refractivity contribution is -0.385. The average molecular weight is 309 g/mol. The maximum Gasteiger partial charge on any atom is 0.311 e. The van der Waals surface area contributed by atoms with Crippen molar-refractivity contribution in [2.24, 2.45) is 0 Å². The second-order valence-corrected chi connectivity index (χ2v) is 4.41. The molecule has 0 fully saturated rings. The second kappa shape index (κ2) is 8.60. The van der Waals surface area contributed by atoms with Crippen LogP contribution in [0.2, 0.25) is 0 Å². The molecule has 0 aliphatic rings. The van der Waals surface area contributed by atoms with Gasteiger partial charge in [0, 0.05) is 18.2 Å². The van der Waals surface area contributed by atoms with Crippen molar-refractivity contribution in [1.29, 1.82) is 0 Å². The summed E-state index contributed by atoms with van der Waals surface area (Å²) >= 11 is 0. The topological polar surface area (TPSA) is 111 Å². The number of carbonyl (C=O) groups excluding carboxylic acids is 2. The zero-order valence-corrected chi connectivity index (χ0v) is 12.5. The smallest absolute Gasteiger partial charge is 0.311 e. The summed E-state index contributed by atoms with van der Waals surface area (Å²) in [4.78, 5) is 33.7. The van der Waals surface area contributed by atoms with Gasteiger partial charge in [0.25, 0.3) is 5.91 Å². The van der Waals surface area contributed by atoms with Gasteiger partial charge in [-0.15, -0.1) is 0 Å². The highest BCUT2D eigenvalue weighted by Gasteiger charge is 2.18. The normalized spacial score (nSPS) is 9.91. The van der Waals surface area contributed by atoms with Gasteiger partial charge in [0.2, 0.25) is 5.91 Å². The molecular formula is C14H19N3O5. The molecule has 8 heteroatoms. The summed E-state index contributed by atoms with van der Waals surface area (Å²) < 4.78 is 5.14. The van der Waals surface area contributed by atoms with Gasteiger partial charge >= 0.3 is 5.69 Å². The molecule has 1 aromatic rings. The summed E-state index contributed by atoms with van der Waals surface area (Å²) in [6.45, 7) is 4.25. The van der Waals surface area contributed by atoms with E-state index in [1.807, 2.05) is 6.92 Å². The lowest BCUT2D eigenvalue weighted by Gasteiger charge is -2.08. The average Bonchev–Trinajstić information content (AvgIpc) is 2.50. The minimum absolute atomic E-state index is 0.0958. The molecule has 0 aliphatic carbocycles. The SMILES string of the molecule is CCCNC(=O)CNC(=O)c1ccc(OCC)c([N+](=O)[O-])c1. The van der Waals surface area contributed by atoms with Crippen LogP contribution in [0.5, 0.6) is 5.75 Å². The molecular weight excluding hydrogens is 290 g/mol. The standard InChI is InChI=1S/C14H19N3O5/c1-3-7-15-13(18)9-16-14(19)10-5-6-12(22-4-2)11(8-10)17(20)21/h5-6,8H,3-4,7,9H2,1-2H3,(H,15,18)(H,16,19). The van der Waals surface area contributed by atoms with Gasteiger partial charge in [-0.05, 0) is 25.5 Å². The lowest BCUT2D eigenvalue weighted by Crippen LogP contribution is -2.37. The molecule has 0 saturated heterocycles. The number of ether oxygens (including phenoxy) is 1. The van der Waals surface area contributed by atoms with Crippen molar-refractivity contribution < 1.29 is 19.2 Å². The summed E-state index contributed by atoms with van der Waals surface area (Å²) in [5, 5.41) is 16.0. The number of hydrogen-bond acceptors (Lipinski definition) is 5. The van der Waals surface area contributed by atoms with Gasteiger partial charge in [-0.1, -0.05) is 6.92 Å². The monoisotopic (exact) mass is 309 g/mol. The van der Waals surface area contributed by atoms with Crippen molar-refractivity contribution in [2.75, 3.05) is 19.7 Å². The van der Waals surface area contributed by atoms with Crippen molar-refractivity contribution in [1.82, 2.24) is 10.6 Å². The summed E-state index contributed by atoms with van der Waals surface area (Å²) in [6, 6.07) is 3.91. The van der Waals surface area contributed by atoms with Gasteiger partial charge in [-0.25, -0.2) is 0 Å². The number of hydrogen-bond donors (Lipinski definition) is 2. The van der Waals surface area contributed by atoms with Crippen molar-refractivity contribution in [2.45, 2.75) is 20.3 Å². The third-order valence-corrected chi connectivity index (χ3v) is 2.70. The van der Waals surface area contributed by atoms with Gasteiger partial charge < -0.3 is 15.4 Å². The summed E-state index contributed by atoms with van der Waals surface area (Å²) in [7, 11) is 0. The highest BCUT2D eigenvalue weighted by molar-refractivity contribution is 5.97. The number of nitrogens with one attached hydrogen (secondary N) is 2. The third-order valence-electron chi connectivity index (χ3n) is 2.70. The molecule has 0 spiro atoms. The van der Waals surface area contributed by atoms with E-state index in [4.69, 9.17) is 4.74 Å². The predicted octanol–water partition coefficient (Wildman–Crippen LogP) is 1.25. The highest BCUT2D eigenvalue weighted by Crippen LogP contribution is 2.27. The van der Waals surface area contributed by atoms with Gasteiger partial charge in [0.15, 0.2) is 5.75 Å². The number of nitrogens with zero attached hydrogens (tertiary/aromatic N) is 1. The molecule has 22 heavy (non-hydrogen) atoms. The quantitative estimate of drug-likeness (QED) is 0.554. The van der Waals surface area contributed by atoms with Crippen LogP contribution in [0, 0.1) is 10.1 Å². The number of benzene rings is 1. The van der Waals surface area contributed by atoms with Crippen LogP contribution in [0.25, 0.3) is 0 Å². The van der Waals surface area contributed by atoms with E-state index in [-0.39, 0.29) is 36.1 Å². The van der Waals surface area contributed by atoms with Gasteiger partial charge in [0.1, 0.15) is 0 Å². The summed E-state index contributed by atoms with van der Waals surface area (Å²) in [5.74, 6) is -0.766. The molecule has 0 bridgehead atoms. The maximum absolute atomic E-state index is 11.9. The minimum Gasteiger partial charge on any atom is -0.487 e. The van der Waals surface area contributed by atoms with Crippen molar-refractivity contribution >= 4 is 17.5 Å². The molecule has 0 heterocycles. The Balaban J connectivity index is 2.75. The van der Waals surface area contributed by atoms with E-state index in [1.54, 1.807) is 6.92 Å². The van der Waals surface area contributed by atoms with E-state index in [2.05, 4.69) is 10.6 Å². The maximum atomic E-state index is 11.9. The third kappa shape index (κ3) is 5.04. The number of amides is 2. The van der Waals surface area contributed by atoms with Crippen molar-refractivity contribution in [3.8, 4) is 5.75 Å². The van der Waals surface area contributed by atoms with E-state index < -0.39 is 10.8 Å². The van der Waals surface area contributed by atoms with Crippen LogP contribution in [0.3, 0.4) is 0 Å². The number of nitro benzene ring substituents is 1. The Morgan fingerprint density at radius 3 is 2.59 bits per heavy atom. The van der Waals surface area contributed by atoms with Gasteiger partial charge in [-0.3, -0.25) is 19.7 Å². The van der Waals surface area contributed by atoms with Crippen LogP contribution < -0.4 is 15.4 Å². The fourth-order valence-electron chi connectivity index (χ4n) is 1.67. The Labute approximate surface area is 128 Å². The molecule has 0 aromatic heterocycles. The first-order valence-corrected chi connectivity index (χ1v) is 6.95. The van der Waals surface area contributed by atoms with Crippen LogP contribution in [0.1, 0.15) is 30.6 Å². The Hall–Kier alpha value is -2.64. The van der Waals surface area contributed by atoms with Crippen LogP contribution in [0.4, 0.5) is 5.69 Å². The summed E-state index contributed by atoms with van der Waals surface area (Å²) in [5.41, 5.74) is -0.191. The van der Waals surface area contributed by atoms with Gasteiger partial charge in [0.05, 0.1) is 18.1 Å². The molecule has 1 aromatic carbocycles. The first-order chi connectivity index (χ1) is 10.5. The molecule has 120 valence electrons. The molecule has 0 unspecified atom stereocenters. The van der Waals surface area contributed by atoms with E-state index in [1.165, 1.54) is 12.1 Å². The van der Waals surface area contributed by atoms with Crippen molar-refractivity contribution in [3.05, 3.63) is 33.9 Å². The molecule has 2 amide bonds. The van der Waals surface area contributed by atoms with Gasteiger partial charge in [-0.2, -0.15) is 0 Å². The Morgan fingerprint density at radius 2 is 2.00 bits per heavy atom. The Kier molecular flexibility index (Phi) is 6.81. The number of nitro groups is 1. The Morgan fingerprint density at radius 1 is 1.27 bits per heavy atom. The molecule has 1 rings (SSSR count). The molecule has 0 aliphatic heterocycles. The zero-order valence-electron chi connectivity index (χ0n) is 12.5. The highest BCUT2D eigenvalue weighted by atomic mass is 16.6. The molecule has 8 nitrogen and oxygen atoms in total. The zero-order chi connectivity index (χ0) is 16.5. The van der Waals surface area contributed by atoms with Crippen LogP contribution >= 0.6 is 0 Å². The minimum atomic E-state index is -0.615. The van der Waals surface area contributed by atoms with E-state index in [0.717, 1.165) is 12.5 Å². The van der Waals surface area contributed by atoms with Crippen LogP contribution in [-0.2, 0) is 4.79 Å². The Bertz CT molecular complexity index is 559. The number of rotatable bonds is 8. The van der Waals surface area contributed by atoms with Crippen LogP contribution in [-0.4, -0.2) is 36.4 Å². The first-order valence-electron chi connectivity index (χ1n) is 6.95. The molecule has 0 radical (unpaired) electrons. The lowest BCUT2D eigenvalue weighted by atomic mass is 10.1. The van der Waals surface area contributed by atoms with Crippen molar-refractivity contribution in [3.63, 3.8) is 0 Å². The molecule has 2 N–H and O–H groups in total. The van der Waals surface area contributed by atoms with E-state index >= 15 is 0 Å². The van der Waals surface area contributed by atoms with E-state index in [9.17, 15) is 19.7 Å². The first kappa shape index (κ1) is 17.4. The molecule has 0 atom stereocenters. The number of carbonyl (C=O) groups is 2. The fraction of sp³-hybridized carbons (Fsp3) is 0.429. The fourth-order valence-corrected chi connectivity index (χ4v) is 1.67. The van der Waals surface area contributed by atoms with E-state index in [0.29, 0.717) is 6.54 Å². The largest absolute Gasteiger partial charge is 0.487 e. The predicted molar refractivity (Wildman–Crippen MR) is 79.9 cm³/mol. The molecule has 0 saturated carbocycles.